The molecule has 1 N–H and O–H groups in total. The summed E-state index contributed by atoms with van der Waals surface area (Å²) >= 11 is 0. The Bertz CT molecular complexity index is 546. The van der Waals surface area contributed by atoms with Crippen molar-refractivity contribution in [2.45, 2.75) is 43.2 Å². The maximum Gasteiger partial charge on any atom is 0.135 e. The highest BCUT2D eigenvalue weighted by Gasteiger charge is 2.31. The van der Waals surface area contributed by atoms with E-state index in [1.165, 1.54) is 16.7 Å². The van der Waals surface area contributed by atoms with E-state index in [1.54, 1.807) is 0 Å². The molecule has 0 atom stereocenters. The van der Waals surface area contributed by atoms with Gasteiger partial charge in [0.15, 0.2) is 0 Å². The van der Waals surface area contributed by atoms with Crippen LogP contribution in [0.15, 0.2) is 12.1 Å². The van der Waals surface area contributed by atoms with E-state index in [4.69, 9.17) is 4.74 Å². The SMILES string of the molecule is BC(B)(B)Oc1cc2c(cc1C(C)(C)C)C(B)(B)NCC2. The fraction of sp³-hybridized carbons (Fsp3) is 0.571. The summed E-state index contributed by atoms with van der Waals surface area (Å²) < 4.78 is 6.27. The van der Waals surface area contributed by atoms with E-state index in [0.29, 0.717) is 0 Å². The van der Waals surface area contributed by atoms with E-state index in [0.717, 1.165) is 18.7 Å². The summed E-state index contributed by atoms with van der Waals surface area (Å²) in [4.78, 5) is 0. The number of fused-ring (bicyclic) bond motifs is 1. The molecule has 1 aromatic rings. The minimum Gasteiger partial charge on any atom is -0.513 e. The van der Waals surface area contributed by atoms with Gasteiger partial charge in [0.2, 0.25) is 0 Å². The van der Waals surface area contributed by atoms with Crippen molar-refractivity contribution in [3.63, 3.8) is 0 Å². The number of ether oxygens (including phenoxy) is 1. The topological polar surface area (TPSA) is 21.3 Å². The van der Waals surface area contributed by atoms with Crippen molar-refractivity contribution in [2.75, 3.05) is 6.54 Å². The smallest absolute Gasteiger partial charge is 0.135 e. The lowest BCUT2D eigenvalue weighted by molar-refractivity contribution is 0.308. The van der Waals surface area contributed by atoms with Gasteiger partial charge in [-0.05, 0) is 46.5 Å². The first-order valence-electron chi connectivity index (χ1n) is 8.02. The second kappa shape index (κ2) is 5.19. The molecular weight excluding hydrogens is 252 g/mol. The fourth-order valence-electron chi connectivity index (χ4n) is 3.02. The predicted molar refractivity (Wildman–Crippen MR) is 105 cm³/mol. The third kappa shape index (κ3) is 3.74. The first-order chi connectivity index (χ1) is 9.40. The summed E-state index contributed by atoms with van der Waals surface area (Å²) in [5, 5.41) is 3.49. The number of nitrogens with one attached hydrogen (secondary N) is 1. The molecule has 0 radical (unpaired) electrons. The van der Waals surface area contributed by atoms with Gasteiger partial charge in [0.1, 0.15) is 45.0 Å². The Kier molecular flexibility index (Phi) is 4.12. The van der Waals surface area contributed by atoms with Gasteiger partial charge in [0.05, 0.1) is 0 Å². The van der Waals surface area contributed by atoms with Gasteiger partial charge in [-0.15, -0.1) is 0 Å². The Labute approximate surface area is 134 Å². The van der Waals surface area contributed by atoms with Gasteiger partial charge >= 0.3 is 0 Å². The van der Waals surface area contributed by atoms with E-state index in [2.05, 4.69) is 77.5 Å². The Morgan fingerprint density at radius 3 is 2.29 bits per heavy atom. The van der Waals surface area contributed by atoms with Crippen molar-refractivity contribution < 1.29 is 4.74 Å². The van der Waals surface area contributed by atoms with Crippen molar-refractivity contribution >= 4 is 39.2 Å². The Morgan fingerprint density at radius 2 is 1.76 bits per heavy atom. The normalized spacial score (nSPS) is 18.0. The fourth-order valence-corrected chi connectivity index (χ4v) is 3.02. The highest BCUT2D eigenvalue weighted by Crippen LogP contribution is 2.38. The molecule has 0 spiro atoms. The first-order valence-corrected chi connectivity index (χ1v) is 8.02. The minimum absolute atomic E-state index is 0.0356. The average Bonchev–Trinajstić information content (AvgIpc) is 2.23. The van der Waals surface area contributed by atoms with Crippen LogP contribution < -0.4 is 10.1 Å². The van der Waals surface area contributed by atoms with Crippen LogP contribution in [0.2, 0.25) is 0 Å². The molecule has 1 heterocycles. The molecule has 0 amide bonds. The molecule has 0 fully saturated rings. The standard InChI is InChI=1S/C14H26B5NO/c1-12(2,3)10-7-9-8(4-5-20-13(9,15)16)6-11(10)21-14(17,18)19/h6-7,20H,4-5,15-19H2,1-3H3. The number of benzene rings is 1. The lowest BCUT2D eigenvalue weighted by Crippen LogP contribution is -2.48. The summed E-state index contributed by atoms with van der Waals surface area (Å²) in [7, 11) is 10.9. The highest BCUT2D eigenvalue weighted by atomic mass is 16.5. The van der Waals surface area contributed by atoms with E-state index < -0.39 is 0 Å². The highest BCUT2D eigenvalue weighted by molar-refractivity contribution is 6.58. The van der Waals surface area contributed by atoms with E-state index in [1.807, 2.05) is 0 Å². The van der Waals surface area contributed by atoms with Gasteiger partial charge < -0.3 is 10.1 Å². The molecule has 0 saturated heterocycles. The summed E-state index contributed by atoms with van der Waals surface area (Å²) in [6, 6.07) is 4.65. The lowest BCUT2D eigenvalue weighted by atomic mass is 9.52. The largest absolute Gasteiger partial charge is 0.513 e. The zero-order chi connectivity index (χ0) is 16.1. The van der Waals surface area contributed by atoms with Crippen molar-refractivity contribution in [1.82, 2.24) is 5.32 Å². The van der Waals surface area contributed by atoms with Crippen LogP contribution in [0.5, 0.6) is 5.75 Å². The van der Waals surface area contributed by atoms with Crippen molar-refractivity contribution in [3.8, 4) is 5.75 Å². The number of rotatable bonds is 2. The predicted octanol–water partition coefficient (Wildman–Crippen LogP) is -2.60. The maximum atomic E-state index is 6.27. The summed E-state index contributed by atoms with van der Waals surface area (Å²) in [5.74, 6) is 1.05. The van der Waals surface area contributed by atoms with Gasteiger partial charge in [-0.25, -0.2) is 0 Å². The molecule has 108 valence electrons. The third-order valence-corrected chi connectivity index (χ3v) is 4.06. The van der Waals surface area contributed by atoms with Gasteiger partial charge in [0, 0.05) is 5.30 Å². The van der Waals surface area contributed by atoms with Crippen LogP contribution in [0, 0.1) is 0 Å². The zero-order valence-corrected chi connectivity index (χ0v) is 15.0. The summed E-state index contributed by atoms with van der Waals surface area (Å²) in [5.41, 5.74) is 4.21. The molecule has 2 nitrogen and oxygen atoms in total. The van der Waals surface area contributed by atoms with Gasteiger partial charge in [-0.2, -0.15) is 0 Å². The lowest BCUT2D eigenvalue weighted by Gasteiger charge is -2.37. The molecule has 21 heavy (non-hydrogen) atoms. The molecule has 2 rings (SSSR count). The quantitative estimate of drug-likeness (QED) is 0.599. The molecule has 0 aromatic heterocycles. The first kappa shape index (κ1) is 16.7. The molecule has 0 saturated carbocycles. The van der Waals surface area contributed by atoms with Crippen molar-refractivity contribution in [3.05, 3.63) is 28.8 Å². The van der Waals surface area contributed by atoms with Crippen LogP contribution in [0.4, 0.5) is 0 Å². The number of hydrogen-bond donors (Lipinski definition) is 1. The molecular formula is C14H26B5NO. The molecule has 1 aromatic carbocycles. The monoisotopic (exact) mass is 279 g/mol. The molecule has 0 unspecified atom stereocenters. The zero-order valence-electron chi connectivity index (χ0n) is 15.0. The van der Waals surface area contributed by atoms with E-state index in [-0.39, 0.29) is 16.1 Å². The van der Waals surface area contributed by atoms with E-state index >= 15 is 0 Å². The van der Waals surface area contributed by atoms with Crippen LogP contribution in [-0.2, 0) is 17.2 Å². The Hall–Kier alpha value is -0.695. The van der Waals surface area contributed by atoms with Crippen LogP contribution in [0.25, 0.3) is 0 Å². The van der Waals surface area contributed by atoms with Crippen LogP contribution in [0.3, 0.4) is 0 Å². The van der Waals surface area contributed by atoms with Gasteiger partial charge in [-0.1, -0.05) is 26.8 Å². The molecule has 7 heteroatoms. The Morgan fingerprint density at radius 1 is 1.14 bits per heavy atom. The van der Waals surface area contributed by atoms with E-state index in [9.17, 15) is 0 Å². The second-order valence-electron chi connectivity index (χ2n) is 8.77. The second-order valence-corrected chi connectivity index (χ2v) is 8.77. The molecule has 1 aliphatic heterocycles. The molecule has 1 aliphatic rings. The van der Waals surface area contributed by atoms with Crippen LogP contribution in [-0.4, -0.2) is 51.1 Å². The van der Waals surface area contributed by atoms with Crippen LogP contribution >= 0.6 is 0 Å². The maximum absolute atomic E-state index is 6.27. The van der Waals surface area contributed by atoms with Crippen LogP contribution in [0.1, 0.15) is 37.5 Å². The van der Waals surface area contributed by atoms with Gasteiger partial charge in [-0.3, -0.25) is 0 Å². The minimum atomic E-state index is -0.170. The van der Waals surface area contributed by atoms with Gasteiger partial charge in [0.25, 0.3) is 0 Å². The Balaban J connectivity index is 2.61. The average molecular weight is 278 g/mol. The van der Waals surface area contributed by atoms with Crippen molar-refractivity contribution in [2.24, 2.45) is 0 Å². The molecule has 0 aliphatic carbocycles. The summed E-state index contributed by atoms with van der Waals surface area (Å²) in [6.45, 7) is 7.80. The molecule has 0 bridgehead atoms. The van der Waals surface area contributed by atoms with Crippen molar-refractivity contribution in [1.29, 1.82) is 0 Å². The third-order valence-electron chi connectivity index (χ3n) is 4.06. The number of hydrogen-bond acceptors (Lipinski definition) is 2. The summed E-state index contributed by atoms with van der Waals surface area (Å²) in [6.07, 6.45) is 1.07.